The Hall–Kier alpha value is -1.75. The number of imidazole rings is 1. The molecule has 2 atom stereocenters. The van der Waals surface area contributed by atoms with E-state index in [1.54, 1.807) is 0 Å². The average Bonchev–Trinajstić information content (AvgIpc) is 2.79. The van der Waals surface area contributed by atoms with E-state index >= 15 is 0 Å². The molecule has 2 unspecified atom stereocenters. The first kappa shape index (κ1) is 12.3. The number of aromatic amines is 2. The fourth-order valence-electron chi connectivity index (χ4n) is 3.02. The quantitative estimate of drug-likeness (QED) is 0.678. The number of hydrogen-bond donors (Lipinski definition) is 4. The van der Waals surface area contributed by atoms with Gasteiger partial charge in [0, 0.05) is 11.7 Å². The lowest BCUT2D eigenvalue weighted by Gasteiger charge is -2.32. The lowest BCUT2D eigenvalue weighted by molar-refractivity contribution is 0.332. The predicted octanol–water partition coefficient (Wildman–Crippen LogP) is 1.79. The Labute approximate surface area is 111 Å². The highest BCUT2D eigenvalue weighted by Gasteiger charge is 2.23. The maximum absolute atomic E-state index is 11.2. The van der Waals surface area contributed by atoms with Crippen LogP contribution >= 0.6 is 0 Å². The minimum Gasteiger partial charge on any atom is -0.382 e. The van der Waals surface area contributed by atoms with Crippen LogP contribution in [0, 0.1) is 5.92 Å². The first-order valence-electron chi connectivity index (χ1n) is 6.95. The van der Waals surface area contributed by atoms with Gasteiger partial charge in [0.1, 0.15) is 0 Å². The second-order valence-corrected chi connectivity index (χ2v) is 5.37. The Kier molecular flexibility index (Phi) is 3.29. The van der Waals surface area contributed by atoms with E-state index in [9.17, 15) is 4.79 Å². The van der Waals surface area contributed by atoms with Gasteiger partial charge in [0.2, 0.25) is 0 Å². The highest BCUT2D eigenvalue weighted by Crippen LogP contribution is 2.27. The van der Waals surface area contributed by atoms with Gasteiger partial charge in [-0.25, -0.2) is 4.79 Å². The number of H-pyrrole nitrogens is 2. The first-order chi connectivity index (χ1) is 9.26. The van der Waals surface area contributed by atoms with E-state index in [2.05, 4.69) is 15.3 Å². The minimum atomic E-state index is -0.162. The fraction of sp³-hybridized carbons (Fsp3) is 0.500. The Morgan fingerprint density at radius 2 is 2.00 bits per heavy atom. The van der Waals surface area contributed by atoms with Crippen molar-refractivity contribution in [3.05, 3.63) is 28.7 Å². The summed E-state index contributed by atoms with van der Waals surface area (Å²) in [5, 5.41) is 3.57. The largest absolute Gasteiger partial charge is 0.382 e. The molecular weight excluding hydrogens is 240 g/mol. The van der Waals surface area contributed by atoms with Gasteiger partial charge in [-0.15, -0.1) is 0 Å². The Morgan fingerprint density at radius 3 is 2.84 bits per heavy atom. The molecule has 0 radical (unpaired) electrons. The molecule has 1 fully saturated rings. The van der Waals surface area contributed by atoms with Crippen LogP contribution in [0.1, 0.15) is 25.7 Å². The van der Waals surface area contributed by atoms with Crippen LogP contribution in [0.15, 0.2) is 23.0 Å². The number of benzene rings is 1. The van der Waals surface area contributed by atoms with E-state index < -0.39 is 0 Å². The van der Waals surface area contributed by atoms with Crippen molar-refractivity contribution in [2.24, 2.45) is 11.7 Å². The van der Waals surface area contributed by atoms with Crippen LogP contribution in [0.3, 0.4) is 0 Å². The van der Waals surface area contributed by atoms with Gasteiger partial charge in [0.05, 0.1) is 11.0 Å². The van der Waals surface area contributed by atoms with Gasteiger partial charge in [-0.05, 0) is 43.5 Å². The topological polar surface area (TPSA) is 86.7 Å². The van der Waals surface area contributed by atoms with E-state index in [0.717, 1.165) is 23.3 Å². The van der Waals surface area contributed by atoms with Crippen molar-refractivity contribution in [2.45, 2.75) is 31.7 Å². The van der Waals surface area contributed by atoms with Crippen LogP contribution < -0.4 is 16.7 Å². The first-order valence-corrected chi connectivity index (χ1v) is 6.95. The average molecular weight is 260 g/mol. The second-order valence-electron chi connectivity index (χ2n) is 5.37. The number of aromatic nitrogens is 2. The lowest BCUT2D eigenvalue weighted by Crippen LogP contribution is -2.36. The van der Waals surface area contributed by atoms with Crippen molar-refractivity contribution in [3.8, 4) is 0 Å². The molecule has 102 valence electrons. The number of rotatable bonds is 3. The van der Waals surface area contributed by atoms with Crippen molar-refractivity contribution >= 4 is 16.7 Å². The molecule has 19 heavy (non-hydrogen) atoms. The highest BCUT2D eigenvalue weighted by molar-refractivity contribution is 5.78. The van der Waals surface area contributed by atoms with Gasteiger partial charge in [-0.1, -0.05) is 12.8 Å². The lowest BCUT2D eigenvalue weighted by atomic mass is 9.84. The standard InChI is InChI=1S/C14H20N4O/c15-8-9-3-1-2-4-11(9)16-10-5-6-12-13(7-10)18-14(19)17-12/h5-7,9,11,16H,1-4,8,15H2,(H2,17,18,19). The van der Waals surface area contributed by atoms with Crippen LogP contribution in [0.4, 0.5) is 5.69 Å². The molecule has 1 heterocycles. The van der Waals surface area contributed by atoms with Gasteiger partial charge in [-0.3, -0.25) is 0 Å². The maximum Gasteiger partial charge on any atom is 0.323 e. The van der Waals surface area contributed by atoms with Crippen LogP contribution in [-0.4, -0.2) is 22.6 Å². The summed E-state index contributed by atoms with van der Waals surface area (Å²) in [5.74, 6) is 0.551. The molecule has 3 rings (SSSR count). The van der Waals surface area contributed by atoms with E-state index in [4.69, 9.17) is 5.73 Å². The molecule has 0 spiro atoms. The Bertz CT molecular complexity index is 615. The molecule has 1 aromatic carbocycles. The van der Waals surface area contributed by atoms with E-state index in [-0.39, 0.29) is 5.69 Å². The molecule has 1 aromatic heterocycles. The number of hydrogen-bond acceptors (Lipinski definition) is 3. The van der Waals surface area contributed by atoms with Crippen molar-refractivity contribution in [1.82, 2.24) is 9.97 Å². The molecule has 1 aliphatic rings. The number of fused-ring (bicyclic) bond motifs is 1. The van der Waals surface area contributed by atoms with Crippen LogP contribution in [0.25, 0.3) is 11.0 Å². The smallest absolute Gasteiger partial charge is 0.323 e. The molecule has 0 amide bonds. The van der Waals surface area contributed by atoms with Crippen LogP contribution in [0.5, 0.6) is 0 Å². The van der Waals surface area contributed by atoms with Crippen LogP contribution in [0.2, 0.25) is 0 Å². The summed E-state index contributed by atoms with van der Waals surface area (Å²) in [6, 6.07) is 6.36. The van der Waals surface area contributed by atoms with Gasteiger partial charge >= 0.3 is 5.69 Å². The monoisotopic (exact) mass is 260 g/mol. The summed E-state index contributed by atoms with van der Waals surface area (Å²) in [5.41, 5.74) is 8.42. The zero-order valence-electron chi connectivity index (χ0n) is 10.9. The van der Waals surface area contributed by atoms with E-state index in [0.29, 0.717) is 12.0 Å². The van der Waals surface area contributed by atoms with Crippen molar-refractivity contribution in [1.29, 1.82) is 0 Å². The Balaban J connectivity index is 1.81. The normalized spacial score (nSPS) is 23.6. The molecule has 1 saturated carbocycles. The number of nitrogens with one attached hydrogen (secondary N) is 3. The summed E-state index contributed by atoms with van der Waals surface area (Å²) in [4.78, 5) is 16.8. The molecule has 1 aliphatic carbocycles. The van der Waals surface area contributed by atoms with Crippen LogP contribution in [-0.2, 0) is 0 Å². The van der Waals surface area contributed by atoms with E-state index in [1.807, 2.05) is 18.2 Å². The molecular formula is C14H20N4O. The highest BCUT2D eigenvalue weighted by atomic mass is 16.1. The third-order valence-electron chi connectivity index (χ3n) is 4.08. The fourth-order valence-corrected chi connectivity index (χ4v) is 3.02. The van der Waals surface area contributed by atoms with Gasteiger partial charge in [0.25, 0.3) is 0 Å². The molecule has 0 aliphatic heterocycles. The van der Waals surface area contributed by atoms with Gasteiger partial charge in [-0.2, -0.15) is 0 Å². The molecule has 0 saturated heterocycles. The summed E-state index contributed by atoms with van der Waals surface area (Å²) >= 11 is 0. The van der Waals surface area contributed by atoms with Gasteiger partial charge < -0.3 is 21.0 Å². The summed E-state index contributed by atoms with van der Waals surface area (Å²) in [6.07, 6.45) is 4.92. The molecule has 5 nitrogen and oxygen atoms in total. The molecule has 2 aromatic rings. The van der Waals surface area contributed by atoms with Crippen molar-refractivity contribution in [2.75, 3.05) is 11.9 Å². The zero-order valence-corrected chi connectivity index (χ0v) is 10.9. The van der Waals surface area contributed by atoms with Crippen molar-refractivity contribution < 1.29 is 0 Å². The maximum atomic E-state index is 11.2. The third kappa shape index (κ3) is 2.51. The molecule has 0 bridgehead atoms. The van der Waals surface area contributed by atoms with Crippen molar-refractivity contribution in [3.63, 3.8) is 0 Å². The number of nitrogens with two attached hydrogens (primary N) is 1. The number of anilines is 1. The summed E-state index contributed by atoms with van der Waals surface area (Å²) in [6.45, 7) is 0.737. The minimum absolute atomic E-state index is 0.162. The zero-order chi connectivity index (χ0) is 13.2. The second kappa shape index (κ2) is 5.09. The predicted molar refractivity (Wildman–Crippen MR) is 77.3 cm³/mol. The molecule has 5 heteroatoms. The summed E-state index contributed by atoms with van der Waals surface area (Å²) < 4.78 is 0. The third-order valence-corrected chi connectivity index (χ3v) is 4.08. The van der Waals surface area contributed by atoms with Gasteiger partial charge in [0.15, 0.2) is 0 Å². The van der Waals surface area contributed by atoms with E-state index in [1.165, 1.54) is 25.7 Å². The SMILES string of the molecule is NCC1CCCCC1Nc1ccc2[nH]c(=O)[nH]c2c1. The molecule has 5 N–H and O–H groups in total. The summed E-state index contributed by atoms with van der Waals surface area (Å²) in [7, 11) is 0. The Morgan fingerprint density at radius 1 is 1.21 bits per heavy atom.